The number of rotatable bonds is 4. The van der Waals surface area contributed by atoms with Gasteiger partial charge in [0.2, 0.25) is 5.91 Å². The molecule has 3 rings (SSSR count). The summed E-state index contributed by atoms with van der Waals surface area (Å²) in [6.45, 7) is 3.99. The number of amides is 1. The fraction of sp³-hybridized carbons (Fsp3) is 0.438. The Balaban J connectivity index is 1.62. The van der Waals surface area contributed by atoms with Gasteiger partial charge in [0.25, 0.3) is 0 Å². The van der Waals surface area contributed by atoms with E-state index in [9.17, 15) is 4.79 Å². The van der Waals surface area contributed by atoms with Gasteiger partial charge in [0.1, 0.15) is 0 Å². The fourth-order valence-electron chi connectivity index (χ4n) is 2.86. The summed E-state index contributed by atoms with van der Waals surface area (Å²) in [6.07, 6.45) is 5.64. The van der Waals surface area contributed by atoms with E-state index < -0.39 is 0 Å². The van der Waals surface area contributed by atoms with Gasteiger partial charge in [0.05, 0.1) is 12.1 Å². The first-order valence-corrected chi connectivity index (χ1v) is 7.52. The van der Waals surface area contributed by atoms with Crippen LogP contribution in [-0.4, -0.2) is 33.8 Å². The molecule has 2 aromatic heterocycles. The Morgan fingerprint density at radius 2 is 2.27 bits per heavy atom. The third kappa shape index (κ3) is 3.17. The minimum atomic E-state index is -0.0531. The van der Waals surface area contributed by atoms with Crippen LogP contribution in [0.3, 0.4) is 0 Å². The van der Waals surface area contributed by atoms with E-state index in [0.29, 0.717) is 13.1 Å². The molecule has 1 aliphatic rings. The van der Waals surface area contributed by atoms with Crippen LogP contribution < -0.4 is 10.6 Å². The van der Waals surface area contributed by atoms with Gasteiger partial charge in [-0.2, -0.15) is 5.10 Å². The number of nitrogens with one attached hydrogen (secondary N) is 2. The van der Waals surface area contributed by atoms with E-state index in [2.05, 4.69) is 20.7 Å². The molecular formula is C16H21N5O. The van der Waals surface area contributed by atoms with Crippen molar-refractivity contribution in [1.29, 1.82) is 0 Å². The maximum absolute atomic E-state index is 12.5. The van der Waals surface area contributed by atoms with E-state index in [4.69, 9.17) is 0 Å². The summed E-state index contributed by atoms with van der Waals surface area (Å²) in [7, 11) is 1.89. The molecule has 1 saturated heterocycles. The van der Waals surface area contributed by atoms with Crippen molar-refractivity contribution in [3.05, 3.63) is 47.5 Å². The minimum absolute atomic E-state index is 0.0531. The van der Waals surface area contributed by atoms with Crippen LogP contribution in [0.2, 0.25) is 0 Å². The van der Waals surface area contributed by atoms with Gasteiger partial charge in [-0.05, 0) is 24.1 Å². The fourth-order valence-corrected chi connectivity index (χ4v) is 2.86. The van der Waals surface area contributed by atoms with Crippen LogP contribution >= 0.6 is 0 Å². The van der Waals surface area contributed by atoms with Crippen molar-refractivity contribution in [3.63, 3.8) is 0 Å². The number of aromatic nitrogens is 3. The average Bonchev–Trinajstić information content (AvgIpc) is 3.14. The third-order valence-corrected chi connectivity index (χ3v) is 4.14. The van der Waals surface area contributed by atoms with Crippen molar-refractivity contribution >= 4 is 5.91 Å². The van der Waals surface area contributed by atoms with Crippen molar-refractivity contribution in [2.45, 2.75) is 19.4 Å². The van der Waals surface area contributed by atoms with E-state index in [1.54, 1.807) is 10.9 Å². The molecule has 0 aromatic carbocycles. The Kier molecular flexibility index (Phi) is 4.20. The molecule has 0 spiro atoms. The number of hydrogen-bond acceptors (Lipinski definition) is 4. The summed E-state index contributed by atoms with van der Waals surface area (Å²) in [5.41, 5.74) is 3.11. The van der Waals surface area contributed by atoms with Gasteiger partial charge >= 0.3 is 0 Å². The number of carbonyl (C=O) groups is 1. The molecule has 1 fully saturated rings. The molecule has 1 amide bonds. The van der Waals surface area contributed by atoms with Gasteiger partial charge in [-0.25, -0.2) is 0 Å². The van der Waals surface area contributed by atoms with Crippen LogP contribution in [0.4, 0.5) is 0 Å². The molecule has 116 valence electrons. The van der Waals surface area contributed by atoms with Gasteiger partial charge in [0.15, 0.2) is 0 Å². The molecule has 1 aliphatic heterocycles. The van der Waals surface area contributed by atoms with E-state index in [1.807, 2.05) is 38.5 Å². The summed E-state index contributed by atoms with van der Waals surface area (Å²) in [4.78, 5) is 16.7. The van der Waals surface area contributed by atoms with E-state index >= 15 is 0 Å². The van der Waals surface area contributed by atoms with E-state index in [1.165, 1.54) is 0 Å². The average molecular weight is 299 g/mol. The molecule has 0 bridgehead atoms. The van der Waals surface area contributed by atoms with Crippen molar-refractivity contribution in [3.8, 4) is 0 Å². The van der Waals surface area contributed by atoms with Gasteiger partial charge < -0.3 is 10.6 Å². The highest BCUT2D eigenvalue weighted by Gasteiger charge is 2.34. The lowest BCUT2D eigenvalue weighted by Crippen LogP contribution is -2.34. The smallest absolute Gasteiger partial charge is 0.225 e. The normalized spacial score (nSPS) is 21.0. The lowest BCUT2D eigenvalue weighted by Gasteiger charge is -2.17. The van der Waals surface area contributed by atoms with Crippen molar-refractivity contribution in [1.82, 2.24) is 25.4 Å². The first-order valence-electron chi connectivity index (χ1n) is 7.52. The van der Waals surface area contributed by atoms with Crippen LogP contribution in [0.1, 0.15) is 22.7 Å². The van der Waals surface area contributed by atoms with Gasteiger partial charge in [-0.3, -0.25) is 14.5 Å². The van der Waals surface area contributed by atoms with Gasteiger partial charge in [-0.15, -0.1) is 0 Å². The Bertz CT molecular complexity index is 649. The van der Waals surface area contributed by atoms with Crippen LogP contribution in [0.15, 0.2) is 30.7 Å². The molecule has 22 heavy (non-hydrogen) atoms. The zero-order valence-corrected chi connectivity index (χ0v) is 12.9. The molecule has 0 unspecified atom stereocenters. The predicted molar refractivity (Wildman–Crippen MR) is 83.1 cm³/mol. The summed E-state index contributed by atoms with van der Waals surface area (Å²) < 4.78 is 1.78. The molecule has 0 saturated carbocycles. The first kappa shape index (κ1) is 14.7. The molecule has 3 heterocycles. The minimum Gasteiger partial charge on any atom is -0.352 e. The van der Waals surface area contributed by atoms with Crippen LogP contribution in [0.5, 0.6) is 0 Å². The number of hydrogen-bond donors (Lipinski definition) is 2. The number of aryl methyl sites for hydroxylation is 2. The second-order valence-electron chi connectivity index (χ2n) is 5.84. The summed E-state index contributed by atoms with van der Waals surface area (Å²) in [6, 6.07) is 3.95. The number of nitrogens with zero attached hydrogens (tertiary/aromatic N) is 3. The zero-order valence-electron chi connectivity index (χ0n) is 12.9. The largest absolute Gasteiger partial charge is 0.352 e. The lowest BCUT2D eigenvalue weighted by molar-refractivity contribution is -0.125. The monoisotopic (exact) mass is 299 g/mol. The summed E-state index contributed by atoms with van der Waals surface area (Å²) in [5, 5.41) is 10.5. The second-order valence-corrected chi connectivity index (χ2v) is 5.84. The molecule has 2 atom stereocenters. The van der Waals surface area contributed by atoms with E-state index in [-0.39, 0.29) is 17.7 Å². The quantitative estimate of drug-likeness (QED) is 0.873. The highest BCUT2D eigenvalue weighted by molar-refractivity contribution is 5.80. The van der Waals surface area contributed by atoms with Gasteiger partial charge in [-0.1, -0.05) is 6.07 Å². The molecule has 2 N–H and O–H groups in total. The standard InChI is InChI=1S/C16H21N5O/c1-11-3-4-12(5-18-11)6-19-16(22)15-9-17-8-14(15)13-7-20-21(2)10-13/h3-5,7,10,14-15,17H,6,8-9H2,1-2H3,(H,19,22)/t14-,15+/m1/s1. The molecule has 0 aliphatic carbocycles. The SMILES string of the molecule is Cc1ccc(CNC(=O)[C@H]2CNC[C@@H]2c2cnn(C)c2)cn1. The van der Waals surface area contributed by atoms with Crippen LogP contribution in [0, 0.1) is 12.8 Å². The molecule has 6 heteroatoms. The number of pyridine rings is 1. The topological polar surface area (TPSA) is 71.8 Å². The number of carbonyl (C=O) groups excluding carboxylic acids is 1. The van der Waals surface area contributed by atoms with Gasteiger partial charge in [0, 0.05) is 50.7 Å². The summed E-state index contributed by atoms with van der Waals surface area (Å²) in [5.74, 6) is 0.215. The predicted octanol–water partition coefficient (Wildman–Crippen LogP) is 0.743. The van der Waals surface area contributed by atoms with Crippen LogP contribution in [0.25, 0.3) is 0 Å². The first-order chi connectivity index (χ1) is 10.6. The Labute approximate surface area is 129 Å². The molecule has 2 aromatic rings. The summed E-state index contributed by atoms with van der Waals surface area (Å²) >= 11 is 0. The second kappa shape index (κ2) is 6.27. The Morgan fingerprint density at radius 1 is 1.41 bits per heavy atom. The molecular weight excluding hydrogens is 278 g/mol. The Hall–Kier alpha value is -2.21. The van der Waals surface area contributed by atoms with E-state index in [0.717, 1.165) is 23.4 Å². The third-order valence-electron chi connectivity index (χ3n) is 4.14. The van der Waals surface area contributed by atoms with Crippen molar-refractivity contribution in [2.24, 2.45) is 13.0 Å². The molecule has 0 radical (unpaired) electrons. The highest BCUT2D eigenvalue weighted by Crippen LogP contribution is 2.27. The van der Waals surface area contributed by atoms with Crippen molar-refractivity contribution < 1.29 is 4.79 Å². The highest BCUT2D eigenvalue weighted by atomic mass is 16.1. The Morgan fingerprint density at radius 3 is 2.95 bits per heavy atom. The lowest BCUT2D eigenvalue weighted by atomic mass is 9.90. The maximum Gasteiger partial charge on any atom is 0.225 e. The van der Waals surface area contributed by atoms with Crippen molar-refractivity contribution in [2.75, 3.05) is 13.1 Å². The zero-order chi connectivity index (χ0) is 15.5. The van der Waals surface area contributed by atoms with Crippen LogP contribution in [-0.2, 0) is 18.4 Å². The molecule has 6 nitrogen and oxygen atoms in total. The maximum atomic E-state index is 12.5.